The molecule has 17 heavy (non-hydrogen) atoms. The van der Waals surface area contributed by atoms with E-state index < -0.39 is 0 Å². The molecule has 0 aliphatic rings. The van der Waals surface area contributed by atoms with E-state index in [4.69, 9.17) is 23.2 Å². The SMILES string of the molecule is Cc1cc(Cl)nc(Cl)c1NCc1ccncn1. The first-order valence-corrected chi connectivity index (χ1v) is 5.74. The summed E-state index contributed by atoms with van der Waals surface area (Å²) >= 11 is 11.8. The van der Waals surface area contributed by atoms with Gasteiger partial charge in [-0.25, -0.2) is 15.0 Å². The summed E-state index contributed by atoms with van der Waals surface area (Å²) in [6, 6.07) is 3.59. The van der Waals surface area contributed by atoms with Crippen LogP contribution < -0.4 is 5.32 Å². The number of aryl methyl sites for hydroxylation is 1. The zero-order chi connectivity index (χ0) is 12.3. The largest absolute Gasteiger partial charge is 0.377 e. The molecule has 1 N–H and O–H groups in total. The molecule has 2 aromatic rings. The van der Waals surface area contributed by atoms with Crippen molar-refractivity contribution in [3.05, 3.63) is 46.2 Å². The molecule has 0 unspecified atom stereocenters. The Bertz CT molecular complexity index is 493. The number of nitrogens with one attached hydrogen (secondary N) is 1. The van der Waals surface area contributed by atoms with Crippen LogP contribution in [0.15, 0.2) is 24.7 Å². The van der Waals surface area contributed by atoms with Gasteiger partial charge in [0.1, 0.15) is 11.5 Å². The van der Waals surface area contributed by atoms with Gasteiger partial charge in [0.05, 0.1) is 17.9 Å². The van der Waals surface area contributed by atoms with Gasteiger partial charge in [0.2, 0.25) is 0 Å². The van der Waals surface area contributed by atoms with Crippen molar-refractivity contribution < 1.29 is 0 Å². The first-order valence-electron chi connectivity index (χ1n) is 4.98. The van der Waals surface area contributed by atoms with Gasteiger partial charge in [-0.05, 0) is 24.6 Å². The lowest BCUT2D eigenvalue weighted by atomic mass is 10.2. The fourth-order valence-corrected chi connectivity index (χ4v) is 2.01. The second kappa shape index (κ2) is 5.29. The van der Waals surface area contributed by atoms with Crippen LogP contribution in [0.4, 0.5) is 5.69 Å². The van der Waals surface area contributed by atoms with Crippen LogP contribution in [0, 0.1) is 6.92 Å². The lowest BCUT2D eigenvalue weighted by Crippen LogP contribution is -2.04. The molecule has 2 rings (SSSR count). The van der Waals surface area contributed by atoms with Crippen molar-refractivity contribution in [1.82, 2.24) is 15.0 Å². The molecule has 0 saturated heterocycles. The second-order valence-electron chi connectivity index (χ2n) is 3.48. The van der Waals surface area contributed by atoms with Crippen LogP contribution in [0.3, 0.4) is 0 Å². The van der Waals surface area contributed by atoms with E-state index in [1.165, 1.54) is 6.33 Å². The monoisotopic (exact) mass is 268 g/mol. The quantitative estimate of drug-likeness (QED) is 0.870. The number of nitrogens with zero attached hydrogens (tertiary/aromatic N) is 3. The molecule has 0 bridgehead atoms. The number of hydrogen-bond acceptors (Lipinski definition) is 4. The Labute approximate surface area is 109 Å². The van der Waals surface area contributed by atoms with Crippen molar-refractivity contribution in [3.8, 4) is 0 Å². The van der Waals surface area contributed by atoms with Gasteiger partial charge in [-0.2, -0.15) is 0 Å². The van der Waals surface area contributed by atoms with Gasteiger partial charge in [0.25, 0.3) is 0 Å². The second-order valence-corrected chi connectivity index (χ2v) is 4.23. The third-order valence-electron chi connectivity index (χ3n) is 2.23. The van der Waals surface area contributed by atoms with Gasteiger partial charge >= 0.3 is 0 Å². The van der Waals surface area contributed by atoms with Crippen molar-refractivity contribution in [2.45, 2.75) is 13.5 Å². The zero-order valence-electron chi connectivity index (χ0n) is 9.11. The van der Waals surface area contributed by atoms with Crippen LogP contribution >= 0.6 is 23.2 Å². The van der Waals surface area contributed by atoms with E-state index in [-0.39, 0.29) is 0 Å². The molecular formula is C11H10Cl2N4. The van der Waals surface area contributed by atoms with Crippen LogP contribution in [-0.4, -0.2) is 15.0 Å². The Morgan fingerprint density at radius 1 is 1.35 bits per heavy atom. The molecule has 0 atom stereocenters. The molecule has 2 heterocycles. The average molecular weight is 269 g/mol. The molecule has 0 spiro atoms. The summed E-state index contributed by atoms with van der Waals surface area (Å²) < 4.78 is 0. The van der Waals surface area contributed by atoms with Gasteiger partial charge in [0.15, 0.2) is 5.15 Å². The average Bonchev–Trinajstić information content (AvgIpc) is 2.29. The van der Waals surface area contributed by atoms with Crippen LogP contribution in [0.25, 0.3) is 0 Å². The molecule has 88 valence electrons. The summed E-state index contributed by atoms with van der Waals surface area (Å²) in [6.45, 7) is 2.48. The fourth-order valence-electron chi connectivity index (χ4n) is 1.41. The first kappa shape index (κ1) is 12.1. The van der Waals surface area contributed by atoms with Crippen LogP contribution in [0.5, 0.6) is 0 Å². The maximum absolute atomic E-state index is 6.01. The van der Waals surface area contributed by atoms with E-state index in [1.807, 2.05) is 13.0 Å². The van der Waals surface area contributed by atoms with Crippen molar-refractivity contribution in [2.24, 2.45) is 0 Å². The number of rotatable bonds is 3. The first-order chi connectivity index (χ1) is 8.16. The van der Waals surface area contributed by atoms with E-state index in [0.717, 1.165) is 16.9 Å². The normalized spacial score (nSPS) is 10.3. The molecule has 0 aliphatic heterocycles. The number of hydrogen-bond donors (Lipinski definition) is 1. The van der Waals surface area contributed by atoms with Crippen molar-refractivity contribution in [2.75, 3.05) is 5.32 Å². The van der Waals surface area contributed by atoms with Crippen molar-refractivity contribution in [1.29, 1.82) is 0 Å². The van der Waals surface area contributed by atoms with Crippen molar-refractivity contribution in [3.63, 3.8) is 0 Å². The molecular weight excluding hydrogens is 259 g/mol. The third kappa shape index (κ3) is 3.05. The van der Waals surface area contributed by atoms with E-state index >= 15 is 0 Å². The fraction of sp³-hybridized carbons (Fsp3) is 0.182. The summed E-state index contributed by atoms with van der Waals surface area (Å²) in [5.41, 5.74) is 2.60. The minimum atomic E-state index is 0.365. The molecule has 0 saturated carbocycles. The molecule has 0 aromatic carbocycles. The highest BCUT2D eigenvalue weighted by Gasteiger charge is 2.07. The lowest BCUT2D eigenvalue weighted by molar-refractivity contribution is 1.00. The lowest BCUT2D eigenvalue weighted by Gasteiger charge is -2.10. The summed E-state index contributed by atoms with van der Waals surface area (Å²) in [6.07, 6.45) is 3.20. The van der Waals surface area contributed by atoms with Crippen molar-refractivity contribution >= 4 is 28.9 Å². The maximum atomic E-state index is 6.01. The van der Waals surface area contributed by atoms with Gasteiger partial charge in [-0.3, -0.25) is 0 Å². The minimum absolute atomic E-state index is 0.365. The Kier molecular flexibility index (Phi) is 3.76. The number of aromatic nitrogens is 3. The molecule has 0 amide bonds. The number of halogens is 2. The highest BCUT2D eigenvalue weighted by molar-refractivity contribution is 6.34. The molecule has 6 heteroatoms. The van der Waals surface area contributed by atoms with Crippen LogP contribution in [0.2, 0.25) is 10.3 Å². The number of pyridine rings is 1. The Morgan fingerprint density at radius 3 is 2.82 bits per heavy atom. The summed E-state index contributed by atoms with van der Waals surface area (Å²) in [4.78, 5) is 11.9. The predicted molar refractivity (Wildman–Crippen MR) is 68.4 cm³/mol. The van der Waals surface area contributed by atoms with Gasteiger partial charge < -0.3 is 5.32 Å². The Balaban J connectivity index is 2.15. The highest BCUT2D eigenvalue weighted by Crippen LogP contribution is 2.26. The van der Waals surface area contributed by atoms with E-state index in [0.29, 0.717) is 16.9 Å². The van der Waals surface area contributed by atoms with Gasteiger partial charge in [-0.15, -0.1) is 0 Å². The summed E-state index contributed by atoms with van der Waals surface area (Å²) in [5.74, 6) is 0. The number of anilines is 1. The molecule has 2 aromatic heterocycles. The van der Waals surface area contributed by atoms with E-state index in [1.54, 1.807) is 12.3 Å². The van der Waals surface area contributed by atoms with Gasteiger partial charge in [-0.1, -0.05) is 23.2 Å². The molecule has 0 aliphatic carbocycles. The highest BCUT2D eigenvalue weighted by atomic mass is 35.5. The Morgan fingerprint density at radius 2 is 2.18 bits per heavy atom. The predicted octanol–water partition coefficient (Wildman–Crippen LogP) is 3.10. The summed E-state index contributed by atoms with van der Waals surface area (Å²) in [7, 11) is 0. The van der Waals surface area contributed by atoms with E-state index in [9.17, 15) is 0 Å². The topological polar surface area (TPSA) is 50.7 Å². The molecule has 0 fully saturated rings. The molecule has 4 nitrogen and oxygen atoms in total. The standard InChI is InChI=1S/C11H10Cl2N4/c1-7-4-9(12)17-11(13)10(7)15-5-8-2-3-14-6-16-8/h2-4,6,15H,5H2,1H3. The Hall–Kier alpha value is -1.39. The minimum Gasteiger partial charge on any atom is -0.377 e. The third-order valence-corrected chi connectivity index (χ3v) is 2.70. The van der Waals surface area contributed by atoms with E-state index in [2.05, 4.69) is 20.3 Å². The molecule has 0 radical (unpaired) electrons. The smallest absolute Gasteiger partial charge is 0.154 e. The summed E-state index contributed by atoms with van der Waals surface area (Å²) in [5, 5.41) is 3.94. The zero-order valence-corrected chi connectivity index (χ0v) is 10.6. The van der Waals surface area contributed by atoms with Gasteiger partial charge in [0, 0.05) is 6.20 Å². The maximum Gasteiger partial charge on any atom is 0.154 e. The van der Waals surface area contributed by atoms with Crippen LogP contribution in [-0.2, 0) is 6.54 Å². The van der Waals surface area contributed by atoms with Crippen LogP contribution in [0.1, 0.15) is 11.3 Å².